The molecule has 0 spiro atoms. The molecule has 0 N–H and O–H groups in total. The number of aryl methyl sites for hydroxylation is 1. The number of amides is 1. The second-order valence-electron chi connectivity index (χ2n) is 9.03. The van der Waals surface area contributed by atoms with Crippen molar-refractivity contribution in [1.29, 1.82) is 0 Å². The van der Waals surface area contributed by atoms with Gasteiger partial charge in [-0.05, 0) is 68.2 Å². The maximum Gasteiger partial charge on any atom is 0.266 e. The molecule has 2 heterocycles. The Balaban J connectivity index is 1.54. The normalized spacial score (nSPS) is 17.7. The molecule has 180 valence electrons. The van der Waals surface area contributed by atoms with Crippen molar-refractivity contribution in [3.05, 3.63) is 70.8 Å². The third kappa shape index (κ3) is 4.93. The highest BCUT2D eigenvalue weighted by Crippen LogP contribution is 2.39. The zero-order valence-electron chi connectivity index (χ0n) is 20.1. The molecule has 0 atom stereocenters. The van der Waals surface area contributed by atoms with Gasteiger partial charge in [-0.3, -0.25) is 9.69 Å². The summed E-state index contributed by atoms with van der Waals surface area (Å²) in [4.78, 5) is 15.8. The Kier molecular flexibility index (Phi) is 7.07. The van der Waals surface area contributed by atoms with Crippen molar-refractivity contribution in [1.82, 2.24) is 14.7 Å². The van der Waals surface area contributed by atoms with Gasteiger partial charge in [-0.15, -0.1) is 0 Å². The molecule has 5 nitrogen and oxygen atoms in total. The first kappa shape index (κ1) is 23.8. The van der Waals surface area contributed by atoms with Gasteiger partial charge in [0.1, 0.15) is 15.8 Å². The Bertz CT molecular complexity index is 1280. The molecule has 5 rings (SSSR count). The maximum atomic E-state index is 13.3. The van der Waals surface area contributed by atoms with Gasteiger partial charge in [-0.25, -0.2) is 4.68 Å². The fourth-order valence-electron chi connectivity index (χ4n) is 4.70. The average Bonchev–Trinajstić information content (AvgIpc) is 3.59. The van der Waals surface area contributed by atoms with Crippen LogP contribution in [-0.2, 0) is 4.79 Å². The zero-order chi connectivity index (χ0) is 24.4. The lowest BCUT2D eigenvalue weighted by Gasteiger charge is -2.21. The molecule has 3 aromatic rings. The van der Waals surface area contributed by atoms with E-state index in [-0.39, 0.29) is 11.9 Å². The van der Waals surface area contributed by atoms with E-state index in [4.69, 9.17) is 22.1 Å². The Morgan fingerprint density at radius 1 is 1.17 bits per heavy atom. The fourth-order valence-corrected chi connectivity index (χ4v) is 6.09. The van der Waals surface area contributed by atoms with Crippen molar-refractivity contribution in [2.24, 2.45) is 0 Å². The van der Waals surface area contributed by atoms with E-state index >= 15 is 0 Å². The van der Waals surface area contributed by atoms with Crippen LogP contribution in [0.5, 0.6) is 5.75 Å². The van der Waals surface area contributed by atoms with Crippen molar-refractivity contribution in [2.45, 2.75) is 52.0 Å². The van der Waals surface area contributed by atoms with Gasteiger partial charge < -0.3 is 4.74 Å². The number of nitrogens with zero attached hydrogens (tertiary/aromatic N) is 3. The molecule has 1 aliphatic heterocycles. The second-order valence-corrected chi connectivity index (χ2v) is 10.7. The number of thiocarbonyl (C=S) groups is 1. The summed E-state index contributed by atoms with van der Waals surface area (Å²) < 4.78 is 8.41. The minimum absolute atomic E-state index is 0.0183. The lowest BCUT2D eigenvalue weighted by molar-refractivity contribution is -0.123. The number of hydrogen-bond acceptors (Lipinski definition) is 5. The number of ether oxygens (including phenoxy) is 1. The number of carbonyl (C=O) groups excluding carboxylic acids is 1. The molecular formula is C28H29N3O2S2. The van der Waals surface area contributed by atoms with Crippen LogP contribution in [-0.4, -0.2) is 37.6 Å². The topological polar surface area (TPSA) is 47.4 Å². The van der Waals surface area contributed by atoms with E-state index < -0.39 is 0 Å². The van der Waals surface area contributed by atoms with Gasteiger partial charge in [0.25, 0.3) is 5.91 Å². The highest BCUT2D eigenvalue weighted by atomic mass is 32.2. The summed E-state index contributed by atoms with van der Waals surface area (Å²) in [5.74, 6) is 0.905. The highest BCUT2D eigenvalue weighted by Gasteiger charge is 2.38. The fraction of sp³-hybridized carbons (Fsp3) is 0.321. The van der Waals surface area contributed by atoms with Crippen LogP contribution < -0.4 is 4.74 Å². The summed E-state index contributed by atoms with van der Waals surface area (Å²) in [7, 11) is 0. The van der Waals surface area contributed by atoms with Crippen LogP contribution in [0.1, 0.15) is 50.2 Å². The number of aromatic nitrogens is 2. The standard InChI is InChI=1S/C28H29N3O2S2/c1-3-15-33-24-14-13-20(16-19(24)2)26-21(18-30(29-26)22-9-5-4-6-10-22)17-25-27(32)31(28(34)35-25)23-11-7-8-12-23/h4-6,9-10,13-14,16-18,23H,3,7-8,11-12,15H2,1-2H3/b25-17-. The molecule has 1 saturated carbocycles. The third-order valence-corrected chi connectivity index (χ3v) is 7.80. The maximum absolute atomic E-state index is 13.3. The van der Waals surface area contributed by atoms with Crippen LogP contribution >= 0.6 is 24.0 Å². The first-order valence-electron chi connectivity index (χ1n) is 12.2. The molecular weight excluding hydrogens is 474 g/mol. The molecule has 1 saturated heterocycles. The van der Waals surface area contributed by atoms with Gasteiger partial charge in [-0.1, -0.05) is 61.9 Å². The number of hydrogen-bond donors (Lipinski definition) is 0. The number of benzene rings is 2. The molecule has 7 heteroatoms. The van der Waals surface area contributed by atoms with Crippen LogP contribution in [0.25, 0.3) is 23.0 Å². The monoisotopic (exact) mass is 503 g/mol. The lowest BCUT2D eigenvalue weighted by Crippen LogP contribution is -2.36. The van der Waals surface area contributed by atoms with Gasteiger partial charge >= 0.3 is 0 Å². The molecule has 2 aliphatic rings. The van der Waals surface area contributed by atoms with Gasteiger partial charge in [-0.2, -0.15) is 5.10 Å². The first-order chi connectivity index (χ1) is 17.0. The molecule has 0 radical (unpaired) electrons. The van der Waals surface area contributed by atoms with Gasteiger partial charge in [0.05, 0.1) is 17.2 Å². The van der Waals surface area contributed by atoms with E-state index in [1.54, 1.807) is 0 Å². The minimum Gasteiger partial charge on any atom is -0.493 e. The number of thioether (sulfide) groups is 1. The van der Waals surface area contributed by atoms with Gasteiger partial charge in [0, 0.05) is 23.4 Å². The summed E-state index contributed by atoms with van der Waals surface area (Å²) in [6.45, 7) is 4.84. The van der Waals surface area contributed by atoms with E-state index in [1.807, 2.05) is 64.3 Å². The molecule has 35 heavy (non-hydrogen) atoms. The van der Waals surface area contributed by atoms with E-state index in [9.17, 15) is 4.79 Å². The summed E-state index contributed by atoms with van der Waals surface area (Å²) in [6.07, 6.45) is 9.28. The van der Waals surface area contributed by atoms with Gasteiger partial charge in [0.2, 0.25) is 0 Å². The minimum atomic E-state index is 0.0183. The predicted molar refractivity (Wildman–Crippen MR) is 147 cm³/mol. The summed E-state index contributed by atoms with van der Waals surface area (Å²) in [6, 6.07) is 16.4. The van der Waals surface area contributed by atoms with Crippen LogP contribution in [0.2, 0.25) is 0 Å². The van der Waals surface area contributed by atoms with E-state index in [1.165, 1.54) is 11.8 Å². The van der Waals surface area contributed by atoms with Crippen molar-refractivity contribution in [3.63, 3.8) is 0 Å². The molecule has 0 unspecified atom stereocenters. The molecule has 0 bridgehead atoms. The van der Waals surface area contributed by atoms with Crippen molar-refractivity contribution >= 4 is 40.3 Å². The van der Waals surface area contributed by atoms with Crippen LogP contribution in [0.4, 0.5) is 0 Å². The SMILES string of the molecule is CCCOc1ccc(-c2nn(-c3ccccc3)cc2/C=C2\SC(=S)N(C3CCCC3)C2=O)cc1C. The predicted octanol–water partition coefficient (Wildman–Crippen LogP) is 6.78. The first-order valence-corrected chi connectivity index (χ1v) is 13.4. The van der Waals surface area contributed by atoms with E-state index in [0.29, 0.717) is 15.8 Å². The largest absolute Gasteiger partial charge is 0.493 e. The van der Waals surface area contributed by atoms with E-state index in [2.05, 4.69) is 19.9 Å². The van der Waals surface area contributed by atoms with Crippen LogP contribution in [0, 0.1) is 6.92 Å². The van der Waals surface area contributed by atoms with E-state index in [0.717, 1.165) is 65.9 Å². The average molecular weight is 504 g/mol. The summed E-state index contributed by atoms with van der Waals surface area (Å²) in [5, 5.41) is 4.93. The number of para-hydroxylation sites is 1. The quantitative estimate of drug-likeness (QED) is 0.263. The smallest absolute Gasteiger partial charge is 0.266 e. The second kappa shape index (κ2) is 10.4. The Labute approximate surface area is 216 Å². The highest BCUT2D eigenvalue weighted by molar-refractivity contribution is 8.26. The lowest BCUT2D eigenvalue weighted by atomic mass is 10.0. The number of rotatable bonds is 7. The zero-order valence-corrected chi connectivity index (χ0v) is 21.7. The van der Waals surface area contributed by atoms with Crippen molar-refractivity contribution in [2.75, 3.05) is 6.61 Å². The van der Waals surface area contributed by atoms with Crippen LogP contribution in [0.3, 0.4) is 0 Å². The Morgan fingerprint density at radius 2 is 1.94 bits per heavy atom. The molecule has 1 amide bonds. The van der Waals surface area contributed by atoms with Crippen molar-refractivity contribution < 1.29 is 9.53 Å². The molecule has 1 aromatic heterocycles. The summed E-state index contributed by atoms with van der Waals surface area (Å²) >= 11 is 7.01. The third-order valence-electron chi connectivity index (χ3n) is 6.47. The van der Waals surface area contributed by atoms with Crippen molar-refractivity contribution in [3.8, 4) is 22.7 Å². The molecule has 2 aromatic carbocycles. The molecule has 1 aliphatic carbocycles. The van der Waals surface area contributed by atoms with Crippen LogP contribution in [0.15, 0.2) is 59.6 Å². The Hall–Kier alpha value is -2.90. The summed E-state index contributed by atoms with van der Waals surface area (Å²) in [5.41, 5.74) is 4.72. The Morgan fingerprint density at radius 3 is 2.66 bits per heavy atom. The molecule has 2 fully saturated rings. The van der Waals surface area contributed by atoms with Gasteiger partial charge in [0.15, 0.2) is 0 Å². The number of carbonyl (C=O) groups is 1.